The first-order valence-corrected chi connectivity index (χ1v) is 10.3. The first-order chi connectivity index (χ1) is 12.2. The van der Waals surface area contributed by atoms with Gasteiger partial charge in [0.1, 0.15) is 0 Å². The van der Waals surface area contributed by atoms with Crippen molar-refractivity contribution >= 4 is 11.3 Å². The smallest absolute Gasteiger partial charge is 0.0723 e. The topological polar surface area (TPSA) is 15.7 Å². The molecule has 0 bridgehead atoms. The molecule has 2 aromatic rings. The maximum absolute atomic E-state index is 6.37. The predicted molar refractivity (Wildman–Crippen MR) is 104 cm³/mol. The minimum Gasteiger partial charge on any atom is -0.373 e. The van der Waals surface area contributed by atoms with E-state index < -0.39 is 0 Å². The Balaban J connectivity index is 1.28. The zero-order valence-corrected chi connectivity index (χ0v) is 15.9. The van der Waals surface area contributed by atoms with Gasteiger partial charge in [-0.15, -0.1) is 0 Å². The SMILES string of the molecule is CN(Cc1ccccc1)[C@H]1COC2(CCN(Cc3ccsc3)CC2)C1. The normalized spacial score (nSPS) is 23.5. The number of hydrogen-bond acceptors (Lipinski definition) is 4. The fourth-order valence-electron chi connectivity index (χ4n) is 4.21. The Morgan fingerprint density at radius 2 is 1.96 bits per heavy atom. The van der Waals surface area contributed by atoms with Crippen LogP contribution < -0.4 is 0 Å². The van der Waals surface area contributed by atoms with Gasteiger partial charge >= 0.3 is 0 Å². The van der Waals surface area contributed by atoms with Gasteiger partial charge in [-0.3, -0.25) is 9.80 Å². The maximum Gasteiger partial charge on any atom is 0.0723 e. The van der Waals surface area contributed by atoms with Gasteiger partial charge in [-0.1, -0.05) is 30.3 Å². The van der Waals surface area contributed by atoms with Crippen LogP contribution in [-0.2, 0) is 17.8 Å². The third-order valence-electron chi connectivity index (χ3n) is 5.84. The molecule has 0 radical (unpaired) electrons. The molecule has 2 fully saturated rings. The molecule has 1 aromatic heterocycles. The Morgan fingerprint density at radius 1 is 1.16 bits per heavy atom. The molecule has 134 valence electrons. The van der Waals surface area contributed by atoms with Crippen molar-refractivity contribution in [3.8, 4) is 0 Å². The standard InChI is InChI=1S/C21H28N2OS/c1-22(14-18-5-3-2-4-6-18)20-13-21(24-16-20)8-10-23(11-9-21)15-19-7-12-25-17-19/h2-7,12,17,20H,8-11,13-16H2,1H3/t20-/m1/s1. The second-order valence-electron chi connectivity index (χ2n) is 7.66. The van der Waals surface area contributed by atoms with Crippen molar-refractivity contribution in [2.75, 3.05) is 26.7 Å². The van der Waals surface area contributed by atoms with Crippen molar-refractivity contribution in [1.82, 2.24) is 9.80 Å². The third-order valence-corrected chi connectivity index (χ3v) is 6.57. The number of likely N-dealkylation sites (N-methyl/N-ethyl adjacent to an activating group) is 1. The second kappa shape index (κ2) is 7.58. The van der Waals surface area contributed by atoms with Crippen molar-refractivity contribution in [2.45, 2.75) is 44.0 Å². The molecule has 0 aliphatic carbocycles. The Labute approximate surface area is 155 Å². The van der Waals surface area contributed by atoms with Gasteiger partial charge in [-0.05, 0) is 54.3 Å². The van der Waals surface area contributed by atoms with Gasteiger partial charge in [-0.2, -0.15) is 11.3 Å². The van der Waals surface area contributed by atoms with Gasteiger partial charge in [0.05, 0.1) is 12.2 Å². The molecule has 4 rings (SSSR count). The van der Waals surface area contributed by atoms with E-state index in [9.17, 15) is 0 Å². The Kier molecular flexibility index (Phi) is 5.23. The van der Waals surface area contributed by atoms with E-state index in [-0.39, 0.29) is 5.60 Å². The van der Waals surface area contributed by atoms with E-state index in [0.717, 1.165) is 32.8 Å². The molecule has 0 N–H and O–H groups in total. The van der Waals surface area contributed by atoms with Crippen LogP contribution in [0.25, 0.3) is 0 Å². The molecule has 1 atom stereocenters. The van der Waals surface area contributed by atoms with E-state index in [4.69, 9.17) is 4.74 Å². The highest BCUT2D eigenvalue weighted by Gasteiger charge is 2.43. The lowest BCUT2D eigenvalue weighted by molar-refractivity contribution is -0.0452. The number of nitrogens with zero attached hydrogens (tertiary/aromatic N) is 2. The highest BCUT2D eigenvalue weighted by Crippen LogP contribution is 2.38. The molecule has 1 spiro atoms. The van der Waals surface area contributed by atoms with Crippen LogP contribution in [0.15, 0.2) is 47.2 Å². The van der Waals surface area contributed by atoms with Crippen molar-refractivity contribution in [3.63, 3.8) is 0 Å². The fourth-order valence-corrected chi connectivity index (χ4v) is 4.87. The highest BCUT2D eigenvalue weighted by molar-refractivity contribution is 7.07. The van der Waals surface area contributed by atoms with Crippen molar-refractivity contribution in [3.05, 3.63) is 58.3 Å². The Hall–Kier alpha value is -1.20. The minimum atomic E-state index is 0.126. The summed E-state index contributed by atoms with van der Waals surface area (Å²) in [5, 5.41) is 4.44. The van der Waals surface area contributed by atoms with Crippen LogP contribution in [0.1, 0.15) is 30.4 Å². The van der Waals surface area contributed by atoms with Gasteiger partial charge < -0.3 is 4.74 Å². The number of thiophene rings is 1. The number of rotatable bonds is 5. The summed E-state index contributed by atoms with van der Waals surface area (Å²) < 4.78 is 6.37. The molecule has 2 aliphatic rings. The first kappa shape index (κ1) is 17.2. The molecule has 25 heavy (non-hydrogen) atoms. The van der Waals surface area contributed by atoms with Crippen LogP contribution in [0.4, 0.5) is 0 Å². The van der Waals surface area contributed by atoms with E-state index in [0.29, 0.717) is 6.04 Å². The lowest BCUT2D eigenvalue weighted by Crippen LogP contribution is -2.44. The zero-order chi connectivity index (χ0) is 17.1. The number of hydrogen-bond donors (Lipinski definition) is 0. The van der Waals surface area contributed by atoms with Crippen LogP contribution in [0.2, 0.25) is 0 Å². The summed E-state index contributed by atoms with van der Waals surface area (Å²) in [6, 6.07) is 13.5. The summed E-state index contributed by atoms with van der Waals surface area (Å²) in [5.41, 5.74) is 2.96. The molecule has 4 heteroatoms. The number of benzene rings is 1. The Morgan fingerprint density at radius 3 is 2.68 bits per heavy atom. The molecule has 0 saturated carbocycles. The summed E-state index contributed by atoms with van der Waals surface area (Å²) in [5.74, 6) is 0. The van der Waals surface area contributed by atoms with E-state index in [2.05, 4.69) is 64.0 Å². The average Bonchev–Trinajstić information content (AvgIpc) is 3.29. The zero-order valence-electron chi connectivity index (χ0n) is 15.1. The molecule has 1 aromatic carbocycles. The van der Waals surface area contributed by atoms with Gasteiger partial charge in [0.15, 0.2) is 0 Å². The summed E-state index contributed by atoms with van der Waals surface area (Å²) in [7, 11) is 2.24. The molecular weight excluding hydrogens is 328 g/mol. The van der Waals surface area contributed by atoms with Crippen LogP contribution in [-0.4, -0.2) is 48.2 Å². The van der Waals surface area contributed by atoms with Crippen LogP contribution in [0, 0.1) is 0 Å². The van der Waals surface area contributed by atoms with E-state index in [1.54, 1.807) is 11.3 Å². The number of ether oxygens (including phenoxy) is 1. The van der Waals surface area contributed by atoms with Gasteiger partial charge in [0.25, 0.3) is 0 Å². The summed E-state index contributed by atoms with van der Waals surface area (Å²) in [4.78, 5) is 5.06. The quantitative estimate of drug-likeness (QED) is 0.805. The van der Waals surface area contributed by atoms with Crippen LogP contribution in [0.3, 0.4) is 0 Å². The van der Waals surface area contributed by atoms with Gasteiger partial charge in [-0.25, -0.2) is 0 Å². The monoisotopic (exact) mass is 356 g/mol. The molecule has 2 aliphatic heterocycles. The van der Waals surface area contributed by atoms with Crippen LogP contribution in [0.5, 0.6) is 0 Å². The summed E-state index contributed by atoms with van der Waals surface area (Å²) >= 11 is 1.79. The van der Waals surface area contributed by atoms with Gasteiger partial charge in [0.2, 0.25) is 0 Å². The van der Waals surface area contributed by atoms with Crippen molar-refractivity contribution in [2.24, 2.45) is 0 Å². The molecule has 3 nitrogen and oxygen atoms in total. The first-order valence-electron chi connectivity index (χ1n) is 9.34. The minimum absolute atomic E-state index is 0.126. The average molecular weight is 357 g/mol. The summed E-state index contributed by atoms with van der Waals surface area (Å²) in [6.07, 6.45) is 3.53. The number of likely N-dealkylation sites (tertiary alicyclic amines) is 1. The lowest BCUT2D eigenvalue weighted by Gasteiger charge is -2.39. The van der Waals surface area contributed by atoms with E-state index in [1.807, 2.05) is 0 Å². The highest BCUT2D eigenvalue weighted by atomic mass is 32.1. The van der Waals surface area contributed by atoms with E-state index >= 15 is 0 Å². The predicted octanol–water partition coefficient (Wildman–Crippen LogP) is 4.00. The molecule has 2 saturated heterocycles. The Bertz CT molecular complexity index is 650. The largest absolute Gasteiger partial charge is 0.373 e. The third kappa shape index (κ3) is 4.14. The van der Waals surface area contributed by atoms with Crippen molar-refractivity contribution in [1.29, 1.82) is 0 Å². The lowest BCUT2D eigenvalue weighted by atomic mass is 9.87. The maximum atomic E-state index is 6.37. The van der Waals surface area contributed by atoms with Crippen molar-refractivity contribution < 1.29 is 4.74 Å². The molecule has 3 heterocycles. The fraction of sp³-hybridized carbons (Fsp3) is 0.524. The molecular formula is C21H28N2OS. The number of piperidine rings is 1. The van der Waals surface area contributed by atoms with Crippen LogP contribution >= 0.6 is 11.3 Å². The van der Waals surface area contributed by atoms with E-state index in [1.165, 1.54) is 30.4 Å². The van der Waals surface area contributed by atoms with Gasteiger partial charge in [0, 0.05) is 32.2 Å². The second-order valence-corrected chi connectivity index (χ2v) is 8.44. The summed E-state index contributed by atoms with van der Waals surface area (Å²) in [6.45, 7) is 5.30. The molecule has 0 unspecified atom stereocenters. The molecule has 0 amide bonds.